The van der Waals surface area contributed by atoms with Crippen LogP contribution in [-0.2, 0) is 6.42 Å². The number of non-ortho nitro benzene ring substituents is 1. The number of benzene rings is 1. The Labute approximate surface area is 129 Å². The van der Waals surface area contributed by atoms with Crippen molar-refractivity contribution in [2.75, 3.05) is 0 Å². The van der Waals surface area contributed by atoms with Crippen LogP contribution in [-0.4, -0.2) is 19.9 Å². The molecule has 2 aromatic rings. The first kappa shape index (κ1) is 15.9. The predicted octanol–water partition coefficient (Wildman–Crippen LogP) is 3.94. The second kappa shape index (κ2) is 6.98. The first-order chi connectivity index (χ1) is 10.6. The van der Waals surface area contributed by atoms with Crippen molar-refractivity contribution in [3.05, 3.63) is 51.3 Å². The lowest BCUT2D eigenvalue weighted by atomic mass is 10.1. The van der Waals surface area contributed by atoms with Crippen LogP contribution in [0.25, 0.3) is 11.8 Å². The van der Waals surface area contributed by atoms with Crippen LogP contribution in [0.5, 0.6) is 0 Å². The molecule has 1 aromatic heterocycles. The van der Waals surface area contributed by atoms with Crippen LogP contribution in [0.4, 0.5) is 5.69 Å². The van der Waals surface area contributed by atoms with Crippen LogP contribution in [0.15, 0.2) is 29.8 Å². The van der Waals surface area contributed by atoms with Gasteiger partial charge in [-0.1, -0.05) is 31.1 Å². The fraction of sp³-hybridized carbons (Fsp3) is 0.375. The maximum absolute atomic E-state index is 10.7. The molecule has 1 aromatic carbocycles. The largest absolute Gasteiger partial charge is 0.269 e. The molecule has 0 aliphatic heterocycles. The normalized spacial score (nSPS) is 11.7. The molecule has 0 aliphatic rings. The Bertz CT molecular complexity index is 687. The van der Waals surface area contributed by atoms with Gasteiger partial charge in [0.1, 0.15) is 0 Å². The van der Waals surface area contributed by atoms with Gasteiger partial charge in [0.2, 0.25) is 0 Å². The lowest BCUT2D eigenvalue weighted by Gasteiger charge is -2.06. The highest BCUT2D eigenvalue weighted by Gasteiger charge is 2.12. The highest BCUT2D eigenvalue weighted by atomic mass is 16.6. The van der Waals surface area contributed by atoms with Crippen molar-refractivity contribution in [1.29, 1.82) is 0 Å². The van der Waals surface area contributed by atoms with Gasteiger partial charge in [-0.2, -0.15) is 0 Å². The standard InChI is InChI=1S/C16H20N4O2/c1-4-6-12(3)11-16-15(5-2)17-18-19(16)13-7-9-14(10-8-13)20(21)22/h7-11H,4-6H2,1-3H3. The molecule has 0 N–H and O–H groups in total. The lowest BCUT2D eigenvalue weighted by Crippen LogP contribution is -2.00. The van der Waals surface area contributed by atoms with Gasteiger partial charge in [-0.05, 0) is 38.0 Å². The van der Waals surface area contributed by atoms with Gasteiger partial charge < -0.3 is 0 Å². The molecule has 0 spiro atoms. The molecule has 0 radical (unpaired) electrons. The first-order valence-corrected chi connectivity index (χ1v) is 7.43. The van der Waals surface area contributed by atoms with Crippen molar-refractivity contribution in [3.8, 4) is 5.69 Å². The Hall–Kier alpha value is -2.50. The molecule has 0 saturated carbocycles. The molecular formula is C16H20N4O2. The van der Waals surface area contributed by atoms with Gasteiger partial charge in [0.25, 0.3) is 5.69 Å². The number of aromatic nitrogens is 3. The summed E-state index contributed by atoms with van der Waals surface area (Å²) >= 11 is 0. The molecule has 0 fully saturated rings. The van der Waals surface area contributed by atoms with Gasteiger partial charge in [0.05, 0.1) is 22.0 Å². The van der Waals surface area contributed by atoms with E-state index in [9.17, 15) is 10.1 Å². The van der Waals surface area contributed by atoms with Crippen LogP contribution in [0.1, 0.15) is 45.0 Å². The summed E-state index contributed by atoms with van der Waals surface area (Å²) in [5, 5.41) is 19.2. The summed E-state index contributed by atoms with van der Waals surface area (Å²) in [6, 6.07) is 6.35. The summed E-state index contributed by atoms with van der Waals surface area (Å²) < 4.78 is 1.74. The number of rotatable bonds is 6. The van der Waals surface area contributed by atoms with Crippen molar-refractivity contribution in [3.63, 3.8) is 0 Å². The van der Waals surface area contributed by atoms with E-state index in [4.69, 9.17) is 0 Å². The van der Waals surface area contributed by atoms with Crippen molar-refractivity contribution < 1.29 is 4.92 Å². The average molecular weight is 300 g/mol. The van der Waals surface area contributed by atoms with E-state index in [2.05, 4.69) is 30.2 Å². The molecule has 0 bridgehead atoms. The molecule has 0 saturated heterocycles. The molecule has 22 heavy (non-hydrogen) atoms. The van der Waals surface area contributed by atoms with E-state index in [1.165, 1.54) is 17.7 Å². The van der Waals surface area contributed by atoms with Crippen molar-refractivity contribution in [1.82, 2.24) is 15.0 Å². The number of hydrogen-bond donors (Lipinski definition) is 0. The third kappa shape index (κ3) is 3.39. The van der Waals surface area contributed by atoms with E-state index in [0.29, 0.717) is 0 Å². The van der Waals surface area contributed by atoms with Crippen LogP contribution in [0.3, 0.4) is 0 Å². The maximum Gasteiger partial charge on any atom is 0.269 e. The van der Waals surface area contributed by atoms with E-state index >= 15 is 0 Å². The summed E-state index contributed by atoms with van der Waals surface area (Å²) in [4.78, 5) is 10.3. The van der Waals surface area contributed by atoms with E-state index < -0.39 is 4.92 Å². The van der Waals surface area contributed by atoms with Gasteiger partial charge in [-0.15, -0.1) is 5.10 Å². The summed E-state index contributed by atoms with van der Waals surface area (Å²) in [7, 11) is 0. The van der Waals surface area contributed by atoms with Gasteiger partial charge in [0, 0.05) is 12.1 Å². The Morgan fingerprint density at radius 1 is 1.32 bits per heavy atom. The Morgan fingerprint density at radius 3 is 2.55 bits per heavy atom. The third-order valence-electron chi connectivity index (χ3n) is 3.45. The van der Waals surface area contributed by atoms with Gasteiger partial charge in [-0.3, -0.25) is 10.1 Å². The summed E-state index contributed by atoms with van der Waals surface area (Å²) in [5.74, 6) is 0. The topological polar surface area (TPSA) is 73.8 Å². The third-order valence-corrected chi connectivity index (χ3v) is 3.45. The van der Waals surface area contributed by atoms with Gasteiger partial charge in [0.15, 0.2) is 0 Å². The minimum absolute atomic E-state index is 0.0684. The fourth-order valence-electron chi connectivity index (χ4n) is 2.32. The van der Waals surface area contributed by atoms with Gasteiger partial charge >= 0.3 is 0 Å². The minimum atomic E-state index is -0.408. The van der Waals surface area contributed by atoms with Crippen LogP contribution in [0.2, 0.25) is 0 Å². The molecule has 6 nitrogen and oxygen atoms in total. The zero-order chi connectivity index (χ0) is 16.1. The zero-order valence-electron chi connectivity index (χ0n) is 13.1. The number of allylic oxidation sites excluding steroid dienone is 1. The number of nitro benzene ring substituents is 1. The zero-order valence-corrected chi connectivity index (χ0v) is 13.1. The molecule has 2 rings (SSSR count). The highest BCUT2D eigenvalue weighted by Crippen LogP contribution is 2.20. The Kier molecular flexibility index (Phi) is 5.04. The molecule has 6 heteroatoms. The number of aryl methyl sites for hydroxylation is 1. The van der Waals surface area contributed by atoms with Crippen molar-refractivity contribution in [2.45, 2.75) is 40.0 Å². The highest BCUT2D eigenvalue weighted by molar-refractivity contribution is 5.54. The number of nitrogens with zero attached hydrogens (tertiary/aromatic N) is 4. The van der Waals surface area contributed by atoms with E-state index in [1.807, 2.05) is 6.92 Å². The molecule has 0 aliphatic carbocycles. The van der Waals surface area contributed by atoms with Crippen LogP contribution >= 0.6 is 0 Å². The molecule has 0 amide bonds. The smallest absolute Gasteiger partial charge is 0.258 e. The molecule has 0 atom stereocenters. The molecule has 1 heterocycles. The average Bonchev–Trinajstić information content (AvgIpc) is 2.90. The number of nitro groups is 1. The molecule has 116 valence electrons. The SMILES string of the molecule is CCCC(C)=Cc1c(CC)nnn1-c1ccc([N+](=O)[O-])cc1. The first-order valence-electron chi connectivity index (χ1n) is 7.43. The summed E-state index contributed by atoms with van der Waals surface area (Å²) in [6.07, 6.45) is 5.00. The number of hydrogen-bond acceptors (Lipinski definition) is 4. The Morgan fingerprint density at radius 2 is 2.00 bits per heavy atom. The quantitative estimate of drug-likeness (QED) is 0.598. The van der Waals surface area contributed by atoms with Crippen LogP contribution < -0.4 is 0 Å². The monoisotopic (exact) mass is 300 g/mol. The second-order valence-electron chi connectivity index (χ2n) is 5.20. The van der Waals surface area contributed by atoms with E-state index in [-0.39, 0.29) is 5.69 Å². The Balaban J connectivity index is 2.44. The lowest BCUT2D eigenvalue weighted by molar-refractivity contribution is -0.384. The van der Waals surface area contributed by atoms with Crippen LogP contribution in [0, 0.1) is 10.1 Å². The fourth-order valence-corrected chi connectivity index (χ4v) is 2.32. The van der Waals surface area contributed by atoms with E-state index in [1.54, 1.807) is 16.8 Å². The van der Waals surface area contributed by atoms with Gasteiger partial charge in [-0.25, -0.2) is 4.68 Å². The summed E-state index contributed by atoms with van der Waals surface area (Å²) in [6.45, 7) is 6.27. The molecular weight excluding hydrogens is 280 g/mol. The minimum Gasteiger partial charge on any atom is -0.258 e. The van der Waals surface area contributed by atoms with E-state index in [0.717, 1.165) is 36.3 Å². The molecule has 0 unspecified atom stereocenters. The van der Waals surface area contributed by atoms with Crippen molar-refractivity contribution >= 4 is 11.8 Å². The maximum atomic E-state index is 10.7. The van der Waals surface area contributed by atoms with Crippen molar-refractivity contribution in [2.24, 2.45) is 0 Å². The second-order valence-corrected chi connectivity index (χ2v) is 5.20. The summed E-state index contributed by atoms with van der Waals surface area (Å²) in [5.41, 5.74) is 3.98. The predicted molar refractivity (Wildman–Crippen MR) is 86.0 cm³/mol.